The first-order chi connectivity index (χ1) is 12.0. The topological polar surface area (TPSA) is 61.0 Å². The van der Waals surface area contributed by atoms with E-state index in [9.17, 15) is 4.79 Å². The van der Waals surface area contributed by atoms with Crippen molar-refractivity contribution < 1.29 is 4.79 Å². The highest BCUT2D eigenvalue weighted by molar-refractivity contribution is 7.99. The van der Waals surface area contributed by atoms with Crippen LogP contribution >= 0.6 is 11.8 Å². The maximum Gasteiger partial charge on any atom is 0.230 e. The average Bonchev–Trinajstić information content (AvgIpc) is 3.00. The standard InChI is InChI=1S/C19H22N4OS/c1-13-4-9-16-17(10-13)22-19(21-16)25-12-18(24)20-11-14-5-7-15(8-6-14)23(2)3/h4-10H,11-12H2,1-3H3,(H,20,24)(H,21,22). The van der Waals surface area contributed by atoms with E-state index < -0.39 is 0 Å². The molecule has 2 aromatic carbocycles. The number of carbonyl (C=O) groups excluding carboxylic acids is 1. The predicted molar refractivity (Wildman–Crippen MR) is 104 cm³/mol. The van der Waals surface area contributed by atoms with Crippen LogP contribution in [0, 0.1) is 6.92 Å². The van der Waals surface area contributed by atoms with Crippen LogP contribution in [0.5, 0.6) is 0 Å². The number of aryl methyl sites for hydroxylation is 1. The quantitative estimate of drug-likeness (QED) is 0.667. The van der Waals surface area contributed by atoms with Crippen LogP contribution in [0.2, 0.25) is 0 Å². The fraction of sp³-hybridized carbons (Fsp3) is 0.263. The van der Waals surface area contributed by atoms with Crippen LogP contribution in [0.15, 0.2) is 47.6 Å². The number of H-pyrrole nitrogens is 1. The number of carbonyl (C=O) groups is 1. The van der Waals surface area contributed by atoms with Gasteiger partial charge < -0.3 is 15.2 Å². The molecule has 1 amide bonds. The fourth-order valence-electron chi connectivity index (χ4n) is 2.47. The van der Waals surface area contributed by atoms with E-state index in [0.29, 0.717) is 12.3 Å². The average molecular weight is 354 g/mol. The van der Waals surface area contributed by atoms with Gasteiger partial charge in [-0.3, -0.25) is 4.79 Å². The second-order valence-corrected chi connectivity index (χ2v) is 7.15. The van der Waals surface area contributed by atoms with Crippen LogP contribution in [-0.2, 0) is 11.3 Å². The molecular weight excluding hydrogens is 332 g/mol. The Hall–Kier alpha value is -2.47. The lowest BCUT2D eigenvalue weighted by Crippen LogP contribution is -2.24. The molecule has 5 nitrogen and oxygen atoms in total. The molecular formula is C19H22N4OS. The number of thioether (sulfide) groups is 1. The number of rotatable bonds is 6. The third-order valence-corrected chi connectivity index (χ3v) is 4.77. The fourth-order valence-corrected chi connectivity index (χ4v) is 3.18. The number of benzene rings is 2. The van der Waals surface area contributed by atoms with E-state index >= 15 is 0 Å². The lowest BCUT2D eigenvalue weighted by molar-refractivity contribution is -0.118. The third-order valence-electron chi connectivity index (χ3n) is 3.90. The van der Waals surface area contributed by atoms with Gasteiger partial charge in [-0.1, -0.05) is 30.0 Å². The third kappa shape index (κ3) is 4.54. The summed E-state index contributed by atoms with van der Waals surface area (Å²) >= 11 is 1.42. The molecule has 0 aliphatic rings. The highest BCUT2D eigenvalue weighted by atomic mass is 32.2. The Labute approximate surface area is 151 Å². The molecule has 6 heteroatoms. The number of hydrogen-bond donors (Lipinski definition) is 2. The van der Waals surface area contributed by atoms with Crippen molar-refractivity contribution in [2.75, 3.05) is 24.7 Å². The van der Waals surface area contributed by atoms with E-state index in [4.69, 9.17) is 0 Å². The van der Waals surface area contributed by atoms with Crippen molar-refractivity contribution in [3.05, 3.63) is 53.6 Å². The molecule has 1 aromatic heterocycles. The number of anilines is 1. The summed E-state index contributed by atoms with van der Waals surface area (Å²) in [6.07, 6.45) is 0. The van der Waals surface area contributed by atoms with Gasteiger partial charge >= 0.3 is 0 Å². The van der Waals surface area contributed by atoms with E-state index in [1.807, 2.05) is 62.3 Å². The molecule has 1 heterocycles. The monoisotopic (exact) mass is 354 g/mol. The van der Waals surface area contributed by atoms with Crippen molar-refractivity contribution in [1.29, 1.82) is 0 Å². The van der Waals surface area contributed by atoms with Crippen LogP contribution in [-0.4, -0.2) is 35.7 Å². The van der Waals surface area contributed by atoms with E-state index in [1.54, 1.807) is 0 Å². The zero-order chi connectivity index (χ0) is 17.8. The lowest BCUT2D eigenvalue weighted by Gasteiger charge is -2.12. The van der Waals surface area contributed by atoms with Crippen LogP contribution in [0.3, 0.4) is 0 Å². The molecule has 2 N–H and O–H groups in total. The Morgan fingerprint density at radius 2 is 1.96 bits per heavy atom. The van der Waals surface area contributed by atoms with Gasteiger partial charge in [-0.25, -0.2) is 4.98 Å². The minimum absolute atomic E-state index is 0.00155. The molecule has 0 atom stereocenters. The first-order valence-electron chi connectivity index (χ1n) is 8.13. The van der Waals surface area contributed by atoms with Crippen LogP contribution in [0.1, 0.15) is 11.1 Å². The van der Waals surface area contributed by atoms with E-state index in [0.717, 1.165) is 27.4 Å². The molecule has 0 bridgehead atoms. The van der Waals surface area contributed by atoms with Gasteiger partial charge in [0.25, 0.3) is 0 Å². The highest BCUT2D eigenvalue weighted by Gasteiger charge is 2.07. The molecule has 0 radical (unpaired) electrons. The Kier molecular flexibility index (Phi) is 5.28. The molecule has 0 unspecified atom stereocenters. The largest absolute Gasteiger partial charge is 0.378 e. The van der Waals surface area contributed by atoms with Crippen LogP contribution < -0.4 is 10.2 Å². The maximum atomic E-state index is 12.1. The van der Waals surface area contributed by atoms with E-state index in [1.165, 1.54) is 17.3 Å². The number of nitrogens with zero attached hydrogens (tertiary/aromatic N) is 2. The highest BCUT2D eigenvalue weighted by Crippen LogP contribution is 2.20. The number of imidazole rings is 1. The summed E-state index contributed by atoms with van der Waals surface area (Å²) < 4.78 is 0. The minimum atomic E-state index is -0.00155. The first kappa shape index (κ1) is 17.4. The second-order valence-electron chi connectivity index (χ2n) is 6.19. The lowest BCUT2D eigenvalue weighted by atomic mass is 10.2. The summed E-state index contributed by atoms with van der Waals surface area (Å²) in [5, 5.41) is 3.72. The zero-order valence-corrected chi connectivity index (χ0v) is 15.5. The molecule has 0 saturated heterocycles. The van der Waals surface area contributed by atoms with E-state index in [-0.39, 0.29) is 5.91 Å². The molecule has 25 heavy (non-hydrogen) atoms. The van der Waals surface area contributed by atoms with Gasteiger partial charge in [-0.05, 0) is 42.3 Å². The van der Waals surface area contributed by atoms with Gasteiger partial charge in [0.2, 0.25) is 5.91 Å². The van der Waals surface area contributed by atoms with Gasteiger partial charge in [0.15, 0.2) is 5.16 Å². The number of hydrogen-bond acceptors (Lipinski definition) is 4. The number of aromatic amines is 1. The number of fused-ring (bicyclic) bond motifs is 1. The first-order valence-corrected chi connectivity index (χ1v) is 9.12. The summed E-state index contributed by atoms with van der Waals surface area (Å²) in [5.41, 5.74) is 5.35. The van der Waals surface area contributed by atoms with Crippen molar-refractivity contribution in [3.8, 4) is 0 Å². The zero-order valence-electron chi connectivity index (χ0n) is 14.7. The number of aromatic nitrogens is 2. The minimum Gasteiger partial charge on any atom is -0.378 e. The molecule has 3 rings (SSSR count). The summed E-state index contributed by atoms with van der Waals surface area (Å²) in [6, 6.07) is 14.2. The summed E-state index contributed by atoms with van der Waals surface area (Å²) in [4.78, 5) is 21.8. The van der Waals surface area contributed by atoms with Crippen molar-refractivity contribution in [1.82, 2.24) is 15.3 Å². The number of amides is 1. The Bertz CT molecular complexity index is 871. The molecule has 0 aliphatic carbocycles. The molecule has 130 valence electrons. The van der Waals surface area contributed by atoms with Crippen LogP contribution in [0.25, 0.3) is 11.0 Å². The maximum absolute atomic E-state index is 12.1. The van der Waals surface area contributed by atoms with Crippen molar-refractivity contribution in [3.63, 3.8) is 0 Å². The normalized spacial score (nSPS) is 10.8. The van der Waals surface area contributed by atoms with Gasteiger partial charge in [0.05, 0.1) is 16.8 Å². The summed E-state index contributed by atoms with van der Waals surface area (Å²) in [6.45, 7) is 2.58. The van der Waals surface area contributed by atoms with E-state index in [2.05, 4.69) is 21.4 Å². The van der Waals surface area contributed by atoms with Crippen LogP contribution in [0.4, 0.5) is 5.69 Å². The molecule has 3 aromatic rings. The molecule has 0 aliphatic heterocycles. The molecule has 0 saturated carbocycles. The summed E-state index contributed by atoms with van der Waals surface area (Å²) in [7, 11) is 4.01. The molecule has 0 spiro atoms. The molecule has 0 fully saturated rings. The summed E-state index contributed by atoms with van der Waals surface area (Å²) in [5.74, 6) is 0.340. The Morgan fingerprint density at radius 3 is 2.68 bits per heavy atom. The number of nitrogens with one attached hydrogen (secondary N) is 2. The second kappa shape index (κ2) is 7.61. The van der Waals surface area contributed by atoms with Gasteiger partial charge in [0.1, 0.15) is 0 Å². The van der Waals surface area contributed by atoms with Crippen molar-refractivity contribution in [2.24, 2.45) is 0 Å². The van der Waals surface area contributed by atoms with Gasteiger partial charge in [-0.2, -0.15) is 0 Å². The van der Waals surface area contributed by atoms with Gasteiger partial charge in [0, 0.05) is 26.3 Å². The Morgan fingerprint density at radius 1 is 1.20 bits per heavy atom. The Balaban J connectivity index is 1.50. The SMILES string of the molecule is Cc1ccc2nc(SCC(=O)NCc3ccc(N(C)C)cc3)[nH]c2c1. The predicted octanol–water partition coefficient (Wildman–Crippen LogP) is 3.35. The van der Waals surface area contributed by atoms with Crippen molar-refractivity contribution in [2.45, 2.75) is 18.6 Å². The van der Waals surface area contributed by atoms with Gasteiger partial charge in [-0.15, -0.1) is 0 Å². The smallest absolute Gasteiger partial charge is 0.230 e. The van der Waals surface area contributed by atoms with Crippen molar-refractivity contribution >= 4 is 34.4 Å².